The molecule has 0 saturated carbocycles. The first kappa shape index (κ1) is 22.1. The first-order chi connectivity index (χ1) is 15.6. The van der Waals surface area contributed by atoms with E-state index in [9.17, 15) is 9.18 Å². The summed E-state index contributed by atoms with van der Waals surface area (Å²) < 4.78 is 24.7. The van der Waals surface area contributed by atoms with E-state index in [2.05, 4.69) is 20.0 Å². The molecule has 0 unspecified atom stereocenters. The maximum atomic E-state index is 13.4. The summed E-state index contributed by atoms with van der Waals surface area (Å²) in [6.45, 7) is 6.98. The number of fused-ring (bicyclic) bond motifs is 1. The lowest BCUT2D eigenvalue weighted by atomic mass is 10.1. The van der Waals surface area contributed by atoms with E-state index in [0.29, 0.717) is 30.1 Å². The Morgan fingerprint density at radius 3 is 2.69 bits per heavy atom. The standard InChI is InChI=1S/C24H29FN4O3/c1-3-21(30)17-5-8-22(23(15-17)31-2)32-14-4-9-28-10-12-29(13-11-28)24-19-7-6-18(25)16-20(19)26-27-24/h5-8,15-16H,3-4,9-14H2,1-2H3,(H,26,27). The van der Waals surface area contributed by atoms with E-state index >= 15 is 0 Å². The van der Waals surface area contributed by atoms with Gasteiger partial charge in [0.2, 0.25) is 0 Å². The van der Waals surface area contributed by atoms with Crippen molar-refractivity contribution in [2.45, 2.75) is 19.8 Å². The molecule has 1 saturated heterocycles. The molecule has 2 heterocycles. The molecule has 8 heteroatoms. The molecule has 7 nitrogen and oxygen atoms in total. The predicted molar refractivity (Wildman–Crippen MR) is 122 cm³/mol. The lowest BCUT2D eigenvalue weighted by molar-refractivity contribution is 0.0987. The maximum Gasteiger partial charge on any atom is 0.162 e. The number of anilines is 1. The van der Waals surface area contributed by atoms with Crippen LogP contribution >= 0.6 is 0 Å². The summed E-state index contributed by atoms with van der Waals surface area (Å²) in [5.41, 5.74) is 1.37. The first-order valence-corrected chi connectivity index (χ1v) is 11.0. The summed E-state index contributed by atoms with van der Waals surface area (Å²) in [5.74, 6) is 1.96. The highest BCUT2D eigenvalue weighted by atomic mass is 19.1. The molecule has 4 rings (SSSR count). The molecule has 1 aromatic heterocycles. The van der Waals surface area contributed by atoms with Gasteiger partial charge in [0.15, 0.2) is 23.1 Å². The van der Waals surface area contributed by atoms with Crippen LogP contribution in [0.3, 0.4) is 0 Å². The molecule has 0 amide bonds. The third-order valence-corrected chi connectivity index (χ3v) is 5.86. The third kappa shape index (κ3) is 4.85. The number of ether oxygens (including phenoxy) is 2. The monoisotopic (exact) mass is 440 g/mol. The van der Waals surface area contributed by atoms with Crippen molar-refractivity contribution >= 4 is 22.5 Å². The van der Waals surface area contributed by atoms with E-state index in [4.69, 9.17) is 9.47 Å². The van der Waals surface area contributed by atoms with Crippen molar-refractivity contribution < 1.29 is 18.7 Å². The minimum Gasteiger partial charge on any atom is -0.493 e. The zero-order chi connectivity index (χ0) is 22.5. The zero-order valence-corrected chi connectivity index (χ0v) is 18.6. The van der Waals surface area contributed by atoms with Crippen molar-refractivity contribution in [2.24, 2.45) is 0 Å². The molecule has 0 radical (unpaired) electrons. The summed E-state index contributed by atoms with van der Waals surface area (Å²) in [6, 6.07) is 10.1. The number of Topliss-reactive ketones (excluding diaryl/α,β-unsaturated/α-hetero) is 1. The Morgan fingerprint density at radius 1 is 1.12 bits per heavy atom. The van der Waals surface area contributed by atoms with Gasteiger partial charge in [0.1, 0.15) is 5.82 Å². The molecule has 3 aromatic rings. The second-order valence-electron chi connectivity index (χ2n) is 7.91. The number of nitrogens with zero attached hydrogens (tertiary/aromatic N) is 3. The highest BCUT2D eigenvalue weighted by Crippen LogP contribution is 2.29. The fraction of sp³-hybridized carbons (Fsp3) is 0.417. The quantitative estimate of drug-likeness (QED) is 0.402. The summed E-state index contributed by atoms with van der Waals surface area (Å²) in [6.07, 6.45) is 1.36. The maximum absolute atomic E-state index is 13.4. The van der Waals surface area contributed by atoms with E-state index in [1.54, 1.807) is 31.4 Å². The van der Waals surface area contributed by atoms with Crippen LogP contribution in [0.25, 0.3) is 10.9 Å². The second-order valence-corrected chi connectivity index (χ2v) is 7.91. The number of aromatic amines is 1. The number of benzene rings is 2. The van der Waals surface area contributed by atoms with Crippen LogP contribution in [0, 0.1) is 5.82 Å². The highest BCUT2D eigenvalue weighted by Gasteiger charge is 2.20. The number of ketones is 1. The smallest absolute Gasteiger partial charge is 0.162 e. The van der Waals surface area contributed by atoms with Crippen LogP contribution in [-0.2, 0) is 0 Å². The van der Waals surface area contributed by atoms with Gasteiger partial charge in [0.25, 0.3) is 0 Å². The summed E-state index contributed by atoms with van der Waals surface area (Å²) >= 11 is 0. The Hall–Kier alpha value is -3.13. The fourth-order valence-corrected chi connectivity index (χ4v) is 4.04. The number of methoxy groups -OCH3 is 1. The average Bonchev–Trinajstić information content (AvgIpc) is 3.24. The van der Waals surface area contributed by atoms with Crippen molar-refractivity contribution in [1.82, 2.24) is 15.1 Å². The number of hydrogen-bond acceptors (Lipinski definition) is 6. The minimum atomic E-state index is -0.261. The van der Waals surface area contributed by atoms with Crippen molar-refractivity contribution in [3.05, 3.63) is 47.8 Å². The lowest BCUT2D eigenvalue weighted by Gasteiger charge is -2.35. The van der Waals surface area contributed by atoms with Crippen molar-refractivity contribution in [3.8, 4) is 11.5 Å². The summed E-state index contributed by atoms with van der Waals surface area (Å²) in [4.78, 5) is 16.5. The van der Waals surface area contributed by atoms with E-state index < -0.39 is 0 Å². The molecular formula is C24H29FN4O3. The summed E-state index contributed by atoms with van der Waals surface area (Å²) in [7, 11) is 1.58. The van der Waals surface area contributed by atoms with Gasteiger partial charge in [-0.15, -0.1) is 0 Å². The van der Waals surface area contributed by atoms with Crippen LogP contribution in [0.5, 0.6) is 11.5 Å². The molecule has 0 atom stereocenters. The molecule has 2 aromatic carbocycles. The highest BCUT2D eigenvalue weighted by molar-refractivity contribution is 5.96. The number of carbonyl (C=O) groups excluding carboxylic acids is 1. The van der Waals surface area contributed by atoms with E-state index in [1.807, 2.05) is 6.92 Å². The number of H-pyrrole nitrogens is 1. The van der Waals surface area contributed by atoms with Gasteiger partial charge in [-0.25, -0.2) is 4.39 Å². The Bertz CT molecular complexity index is 1080. The second kappa shape index (κ2) is 9.99. The van der Waals surface area contributed by atoms with Gasteiger partial charge >= 0.3 is 0 Å². The van der Waals surface area contributed by atoms with Gasteiger partial charge < -0.3 is 14.4 Å². The van der Waals surface area contributed by atoms with Gasteiger partial charge in [-0.3, -0.25) is 14.8 Å². The molecule has 1 aliphatic heterocycles. The number of hydrogen-bond donors (Lipinski definition) is 1. The van der Waals surface area contributed by atoms with Crippen LogP contribution in [0.4, 0.5) is 10.2 Å². The molecule has 1 fully saturated rings. The van der Waals surface area contributed by atoms with Gasteiger partial charge in [0, 0.05) is 50.1 Å². The van der Waals surface area contributed by atoms with Crippen molar-refractivity contribution in [3.63, 3.8) is 0 Å². The molecule has 1 N–H and O–H groups in total. The van der Waals surface area contributed by atoms with E-state index in [1.165, 1.54) is 12.1 Å². The third-order valence-electron chi connectivity index (χ3n) is 5.86. The van der Waals surface area contributed by atoms with Crippen LogP contribution in [0.15, 0.2) is 36.4 Å². The largest absolute Gasteiger partial charge is 0.493 e. The molecule has 0 spiro atoms. The average molecular weight is 441 g/mol. The number of nitrogens with one attached hydrogen (secondary N) is 1. The zero-order valence-electron chi connectivity index (χ0n) is 18.6. The lowest BCUT2D eigenvalue weighted by Crippen LogP contribution is -2.47. The molecular weight excluding hydrogens is 411 g/mol. The number of halogens is 1. The van der Waals surface area contributed by atoms with Crippen molar-refractivity contribution in [1.29, 1.82) is 0 Å². The number of carbonyl (C=O) groups is 1. The van der Waals surface area contributed by atoms with Gasteiger partial charge in [-0.05, 0) is 42.8 Å². The van der Waals surface area contributed by atoms with Crippen molar-refractivity contribution in [2.75, 3.05) is 51.3 Å². The molecule has 32 heavy (non-hydrogen) atoms. The van der Waals surface area contributed by atoms with Crippen LogP contribution in [-0.4, -0.2) is 67.3 Å². The van der Waals surface area contributed by atoms with E-state index in [0.717, 1.165) is 55.9 Å². The summed E-state index contributed by atoms with van der Waals surface area (Å²) in [5, 5.41) is 8.27. The topological polar surface area (TPSA) is 70.7 Å². The van der Waals surface area contributed by atoms with E-state index in [-0.39, 0.29) is 11.6 Å². The minimum absolute atomic E-state index is 0.0870. The van der Waals surface area contributed by atoms with Gasteiger partial charge in [-0.1, -0.05) is 6.92 Å². The number of rotatable bonds is 9. The van der Waals surface area contributed by atoms with Crippen LogP contribution in [0.1, 0.15) is 30.1 Å². The molecule has 1 aliphatic rings. The Kier molecular flexibility index (Phi) is 6.90. The van der Waals surface area contributed by atoms with Gasteiger partial charge in [0.05, 0.1) is 19.2 Å². The first-order valence-electron chi connectivity index (χ1n) is 11.0. The molecule has 170 valence electrons. The SMILES string of the molecule is CCC(=O)c1ccc(OCCCN2CCN(c3n[nH]c4cc(F)ccc34)CC2)c(OC)c1. The van der Waals surface area contributed by atoms with Crippen LogP contribution in [0.2, 0.25) is 0 Å². The Labute approximate surface area is 187 Å². The Morgan fingerprint density at radius 2 is 1.94 bits per heavy atom. The number of piperazine rings is 1. The molecule has 0 aliphatic carbocycles. The fourth-order valence-electron chi connectivity index (χ4n) is 4.04. The van der Waals surface area contributed by atoms with Gasteiger partial charge in [-0.2, -0.15) is 5.10 Å². The number of aromatic nitrogens is 2. The predicted octanol–water partition coefficient (Wildman–Crippen LogP) is 3.89. The Balaban J connectivity index is 1.24. The van der Waals surface area contributed by atoms with Crippen LogP contribution < -0.4 is 14.4 Å². The molecule has 0 bridgehead atoms. The normalized spacial score (nSPS) is 14.7.